The lowest BCUT2D eigenvalue weighted by molar-refractivity contribution is -0.123. The Morgan fingerprint density at radius 2 is 1.96 bits per heavy atom. The second kappa shape index (κ2) is 5.64. The van der Waals surface area contributed by atoms with Crippen molar-refractivity contribution in [2.45, 2.75) is 31.7 Å². The van der Waals surface area contributed by atoms with Gasteiger partial charge in [0.05, 0.1) is 6.04 Å². The molecular formula is C18H23N3O2. The number of nitrogens with zero attached hydrogens (tertiary/aromatic N) is 1. The maximum Gasteiger partial charge on any atom is 0.229 e. The Balaban J connectivity index is 1.35. The fourth-order valence-corrected chi connectivity index (χ4v) is 4.16. The molecule has 1 aliphatic carbocycles. The van der Waals surface area contributed by atoms with Gasteiger partial charge in [-0.2, -0.15) is 0 Å². The number of carbonyl (C=O) groups excluding carboxylic acids is 2. The maximum absolute atomic E-state index is 12.5. The number of nitrogens with one attached hydrogen (secondary N) is 2. The monoisotopic (exact) mass is 313 g/mol. The highest BCUT2D eigenvalue weighted by atomic mass is 16.2. The SMILES string of the molecule is O=C(NC1CC(=O)N(c2ccccc2)C1)C1CC12CCNCC2. The highest BCUT2D eigenvalue weighted by Crippen LogP contribution is 2.58. The van der Waals surface area contributed by atoms with Crippen LogP contribution in [-0.4, -0.2) is 37.5 Å². The number of para-hydroxylation sites is 1. The van der Waals surface area contributed by atoms with Gasteiger partial charge < -0.3 is 15.5 Å². The van der Waals surface area contributed by atoms with Crippen LogP contribution in [0.5, 0.6) is 0 Å². The minimum absolute atomic E-state index is 0.0606. The van der Waals surface area contributed by atoms with Gasteiger partial charge in [-0.05, 0) is 49.9 Å². The Morgan fingerprint density at radius 1 is 1.22 bits per heavy atom. The Morgan fingerprint density at radius 3 is 2.70 bits per heavy atom. The van der Waals surface area contributed by atoms with Crippen molar-refractivity contribution in [2.24, 2.45) is 11.3 Å². The van der Waals surface area contributed by atoms with Crippen LogP contribution in [0.4, 0.5) is 5.69 Å². The van der Waals surface area contributed by atoms with E-state index in [0.717, 1.165) is 38.0 Å². The predicted octanol–water partition coefficient (Wildman–Crippen LogP) is 1.30. The summed E-state index contributed by atoms with van der Waals surface area (Å²) < 4.78 is 0. The van der Waals surface area contributed by atoms with Crippen LogP contribution in [0.1, 0.15) is 25.7 Å². The van der Waals surface area contributed by atoms with E-state index in [2.05, 4.69) is 10.6 Å². The summed E-state index contributed by atoms with van der Waals surface area (Å²) in [5, 5.41) is 6.48. The number of rotatable bonds is 3. The molecule has 3 aliphatic rings. The fraction of sp³-hybridized carbons (Fsp3) is 0.556. The number of amides is 2. The smallest absolute Gasteiger partial charge is 0.229 e. The van der Waals surface area contributed by atoms with E-state index in [1.807, 2.05) is 30.3 Å². The molecule has 0 aromatic heterocycles. The minimum atomic E-state index is -0.0606. The number of anilines is 1. The van der Waals surface area contributed by atoms with Crippen LogP contribution >= 0.6 is 0 Å². The van der Waals surface area contributed by atoms with Gasteiger partial charge in [-0.25, -0.2) is 0 Å². The van der Waals surface area contributed by atoms with Gasteiger partial charge >= 0.3 is 0 Å². The fourth-order valence-electron chi connectivity index (χ4n) is 4.16. The van der Waals surface area contributed by atoms with Gasteiger partial charge in [0.15, 0.2) is 0 Å². The van der Waals surface area contributed by atoms with E-state index in [4.69, 9.17) is 0 Å². The molecule has 1 aromatic rings. The summed E-state index contributed by atoms with van der Waals surface area (Å²) >= 11 is 0. The zero-order chi connectivity index (χ0) is 15.9. The first-order valence-corrected chi connectivity index (χ1v) is 8.54. The van der Waals surface area contributed by atoms with Crippen LogP contribution in [0.15, 0.2) is 30.3 Å². The van der Waals surface area contributed by atoms with Crippen molar-refractivity contribution in [2.75, 3.05) is 24.5 Å². The maximum atomic E-state index is 12.5. The van der Waals surface area contributed by atoms with Crippen LogP contribution in [0, 0.1) is 11.3 Å². The van der Waals surface area contributed by atoms with Crippen LogP contribution in [0.25, 0.3) is 0 Å². The van der Waals surface area contributed by atoms with Crippen LogP contribution in [0.3, 0.4) is 0 Å². The molecule has 2 saturated heterocycles. The largest absolute Gasteiger partial charge is 0.351 e. The van der Waals surface area contributed by atoms with Crippen molar-refractivity contribution in [1.29, 1.82) is 0 Å². The summed E-state index contributed by atoms with van der Waals surface area (Å²) in [7, 11) is 0. The van der Waals surface area contributed by atoms with Gasteiger partial charge in [-0.15, -0.1) is 0 Å². The molecule has 2 N–H and O–H groups in total. The predicted molar refractivity (Wildman–Crippen MR) is 88.0 cm³/mol. The molecule has 2 amide bonds. The third-order valence-corrected chi connectivity index (χ3v) is 5.64. The van der Waals surface area contributed by atoms with E-state index < -0.39 is 0 Å². The molecular weight excluding hydrogens is 290 g/mol. The molecule has 2 heterocycles. The van der Waals surface area contributed by atoms with Gasteiger partial charge in [0.25, 0.3) is 0 Å². The first-order valence-electron chi connectivity index (χ1n) is 8.54. The zero-order valence-corrected chi connectivity index (χ0v) is 13.3. The molecule has 3 fully saturated rings. The molecule has 0 radical (unpaired) electrons. The Bertz CT molecular complexity index is 610. The van der Waals surface area contributed by atoms with Crippen molar-refractivity contribution in [1.82, 2.24) is 10.6 Å². The van der Waals surface area contributed by atoms with Gasteiger partial charge in [0, 0.05) is 24.6 Å². The summed E-state index contributed by atoms with van der Waals surface area (Å²) in [6.07, 6.45) is 3.63. The molecule has 1 saturated carbocycles. The average Bonchev–Trinajstić information content (AvgIpc) is 3.13. The van der Waals surface area contributed by atoms with Gasteiger partial charge in [-0.1, -0.05) is 18.2 Å². The number of carbonyl (C=O) groups is 2. The topological polar surface area (TPSA) is 61.4 Å². The third-order valence-electron chi connectivity index (χ3n) is 5.64. The van der Waals surface area contributed by atoms with Crippen molar-refractivity contribution >= 4 is 17.5 Å². The number of hydrogen-bond donors (Lipinski definition) is 2. The standard InChI is InChI=1S/C18H23N3O2/c22-16-10-13(12-21(16)14-4-2-1-3-5-14)20-17(23)15-11-18(15)6-8-19-9-7-18/h1-5,13,15,19H,6-12H2,(H,20,23). The molecule has 2 atom stereocenters. The molecule has 1 aromatic carbocycles. The molecule has 1 spiro atoms. The lowest BCUT2D eigenvalue weighted by atomic mass is 9.91. The minimum Gasteiger partial charge on any atom is -0.351 e. The van der Waals surface area contributed by atoms with Crippen molar-refractivity contribution in [3.63, 3.8) is 0 Å². The van der Waals surface area contributed by atoms with Crippen LogP contribution < -0.4 is 15.5 Å². The lowest BCUT2D eigenvalue weighted by Gasteiger charge is -2.23. The molecule has 4 rings (SSSR count). The van der Waals surface area contributed by atoms with Gasteiger partial charge in [0.2, 0.25) is 11.8 Å². The Kier molecular flexibility index (Phi) is 3.60. The summed E-state index contributed by atoms with van der Waals surface area (Å²) in [5.74, 6) is 0.402. The molecule has 122 valence electrons. The summed E-state index contributed by atoms with van der Waals surface area (Å²) in [6.45, 7) is 2.62. The molecule has 2 unspecified atom stereocenters. The Labute approximate surface area is 136 Å². The van der Waals surface area contributed by atoms with Crippen molar-refractivity contribution < 1.29 is 9.59 Å². The van der Waals surface area contributed by atoms with E-state index >= 15 is 0 Å². The van der Waals surface area contributed by atoms with E-state index in [-0.39, 0.29) is 29.2 Å². The van der Waals surface area contributed by atoms with E-state index in [9.17, 15) is 9.59 Å². The number of piperidine rings is 1. The van der Waals surface area contributed by atoms with Crippen LogP contribution in [0.2, 0.25) is 0 Å². The number of benzene rings is 1. The first kappa shape index (κ1) is 14.7. The normalized spacial score (nSPS) is 28.9. The molecule has 2 aliphatic heterocycles. The summed E-state index contributed by atoms with van der Waals surface area (Å²) in [6, 6.07) is 9.61. The Hall–Kier alpha value is -1.88. The van der Waals surface area contributed by atoms with Crippen molar-refractivity contribution in [3.8, 4) is 0 Å². The van der Waals surface area contributed by atoms with E-state index in [1.54, 1.807) is 4.90 Å². The molecule has 5 nitrogen and oxygen atoms in total. The highest BCUT2D eigenvalue weighted by Gasteiger charge is 2.57. The number of hydrogen-bond acceptors (Lipinski definition) is 3. The molecule has 5 heteroatoms. The zero-order valence-electron chi connectivity index (χ0n) is 13.3. The van der Waals surface area contributed by atoms with E-state index in [1.165, 1.54) is 0 Å². The second-order valence-electron chi connectivity index (χ2n) is 7.12. The highest BCUT2D eigenvalue weighted by molar-refractivity contribution is 5.97. The first-order chi connectivity index (χ1) is 11.2. The molecule has 23 heavy (non-hydrogen) atoms. The van der Waals surface area contributed by atoms with Gasteiger partial charge in [-0.3, -0.25) is 9.59 Å². The quantitative estimate of drug-likeness (QED) is 0.884. The second-order valence-corrected chi connectivity index (χ2v) is 7.12. The lowest BCUT2D eigenvalue weighted by Crippen LogP contribution is -2.40. The summed E-state index contributed by atoms with van der Waals surface area (Å²) in [5.41, 5.74) is 1.16. The van der Waals surface area contributed by atoms with Gasteiger partial charge in [0.1, 0.15) is 0 Å². The van der Waals surface area contributed by atoms with Crippen molar-refractivity contribution in [3.05, 3.63) is 30.3 Å². The third kappa shape index (κ3) is 2.74. The average molecular weight is 313 g/mol. The van der Waals surface area contributed by atoms with Crippen LogP contribution in [-0.2, 0) is 9.59 Å². The van der Waals surface area contributed by atoms with E-state index in [0.29, 0.717) is 13.0 Å². The summed E-state index contributed by atoms with van der Waals surface area (Å²) in [4.78, 5) is 26.5. The molecule has 0 bridgehead atoms.